The summed E-state index contributed by atoms with van der Waals surface area (Å²) in [5, 5.41) is 3.21. The van der Waals surface area contributed by atoms with E-state index in [0.29, 0.717) is 32.4 Å². The molecule has 4 rings (SSSR count). The maximum absolute atomic E-state index is 12.8. The van der Waals surface area contributed by atoms with Crippen LogP contribution in [0.1, 0.15) is 41.5 Å². The van der Waals surface area contributed by atoms with Gasteiger partial charge in [0, 0.05) is 32.2 Å². The third kappa shape index (κ3) is 3.50. The van der Waals surface area contributed by atoms with Crippen LogP contribution >= 0.6 is 0 Å². The van der Waals surface area contributed by atoms with Gasteiger partial charge in [-0.3, -0.25) is 9.59 Å². The SMILES string of the molecule is C/C=c1/[nH]c2cc3c(=O)c4ccccc4[nH]c3cc2c(=O)/c1=C/C.CC.CC. The smallest absolute Gasteiger partial charge is 0.197 e. The molecular formula is C24H28N2O2. The van der Waals surface area contributed by atoms with Crippen molar-refractivity contribution >= 4 is 44.9 Å². The number of fused-ring (bicyclic) bond motifs is 3. The van der Waals surface area contributed by atoms with Crippen LogP contribution in [-0.2, 0) is 0 Å². The molecule has 28 heavy (non-hydrogen) atoms. The zero-order chi connectivity index (χ0) is 20.8. The van der Waals surface area contributed by atoms with Crippen LogP contribution in [0.3, 0.4) is 0 Å². The Labute approximate surface area is 164 Å². The molecule has 0 bridgehead atoms. The first-order valence-electron chi connectivity index (χ1n) is 9.87. The Kier molecular flexibility index (Phi) is 6.94. The predicted molar refractivity (Wildman–Crippen MR) is 122 cm³/mol. The van der Waals surface area contributed by atoms with Crippen LogP contribution in [0.2, 0.25) is 0 Å². The first-order valence-corrected chi connectivity index (χ1v) is 9.87. The normalized spacial score (nSPS) is 11.9. The number of rotatable bonds is 0. The van der Waals surface area contributed by atoms with E-state index < -0.39 is 0 Å². The lowest BCUT2D eigenvalue weighted by Crippen LogP contribution is -2.40. The van der Waals surface area contributed by atoms with E-state index in [4.69, 9.17) is 0 Å². The molecule has 0 radical (unpaired) electrons. The Morgan fingerprint density at radius 2 is 1.25 bits per heavy atom. The number of nitrogens with one attached hydrogen (secondary N) is 2. The molecule has 0 saturated heterocycles. The van der Waals surface area contributed by atoms with Crippen LogP contribution in [0.4, 0.5) is 0 Å². The monoisotopic (exact) mass is 376 g/mol. The van der Waals surface area contributed by atoms with Gasteiger partial charge in [-0.1, -0.05) is 52.0 Å². The molecule has 2 aromatic carbocycles. The summed E-state index contributed by atoms with van der Waals surface area (Å²) in [5.74, 6) is 0. The minimum Gasteiger partial charge on any atom is -0.355 e. The van der Waals surface area contributed by atoms with Gasteiger partial charge in [0.05, 0.1) is 11.0 Å². The molecule has 2 heterocycles. The molecule has 0 atom stereocenters. The molecule has 0 fully saturated rings. The second-order valence-electron chi connectivity index (χ2n) is 5.80. The van der Waals surface area contributed by atoms with Crippen LogP contribution in [0.25, 0.3) is 44.9 Å². The molecule has 0 aliphatic carbocycles. The van der Waals surface area contributed by atoms with Crippen molar-refractivity contribution in [3.63, 3.8) is 0 Å². The third-order valence-electron chi connectivity index (χ3n) is 4.47. The molecule has 0 aliphatic heterocycles. The van der Waals surface area contributed by atoms with Gasteiger partial charge in [-0.2, -0.15) is 0 Å². The summed E-state index contributed by atoms with van der Waals surface area (Å²) in [5.41, 5.74) is 2.05. The molecule has 4 heteroatoms. The van der Waals surface area contributed by atoms with E-state index in [0.717, 1.165) is 10.9 Å². The fraction of sp³-hybridized carbons (Fsp3) is 0.250. The predicted octanol–water partition coefficient (Wildman–Crippen LogP) is 4.18. The largest absolute Gasteiger partial charge is 0.355 e. The van der Waals surface area contributed by atoms with Gasteiger partial charge in [-0.05, 0) is 38.1 Å². The lowest BCUT2D eigenvalue weighted by molar-refractivity contribution is 1.25. The van der Waals surface area contributed by atoms with E-state index in [-0.39, 0.29) is 10.9 Å². The van der Waals surface area contributed by atoms with Gasteiger partial charge in [0.25, 0.3) is 0 Å². The van der Waals surface area contributed by atoms with E-state index in [1.54, 1.807) is 24.3 Å². The van der Waals surface area contributed by atoms with Crippen molar-refractivity contribution in [2.24, 2.45) is 0 Å². The van der Waals surface area contributed by atoms with Crippen molar-refractivity contribution in [2.45, 2.75) is 41.5 Å². The first kappa shape index (κ1) is 21.2. The molecule has 0 amide bonds. The Bertz CT molecular complexity index is 1360. The molecule has 146 valence electrons. The van der Waals surface area contributed by atoms with Gasteiger partial charge in [0.1, 0.15) is 0 Å². The molecular weight excluding hydrogens is 348 g/mol. The highest BCUT2D eigenvalue weighted by Crippen LogP contribution is 2.18. The van der Waals surface area contributed by atoms with Gasteiger partial charge in [0.15, 0.2) is 10.9 Å². The molecule has 0 saturated carbocycles. The second-order valence-corrected chi connectivity index (χ2v) is 5.80. The van der Waals surface area contributed by atoms with Gasteiger partial charge >= 0.3 is 0 Å². The number of H-pyrrole nitrogens is 2. The molecule has 2 N–H and O–H groups in total. The molecule has 2 aromatic heterocycles. The minimum atomic E-state index is -0.0322. The van der Waals surface area contributed by atoms with Gasteiger partial charge < -0.3 is 9.97 Å². The maximum atomic E-state index is 12.8. The summed E-state index contributed by atoms with van der Waals surface area (Å²) in [6, 6.07) is 10.9. The van der Waals surface area contributed by atoms with Crippen molar-refractivity contribution in [1.82, 2.24) is 9.97 Å². The summed E-state index contributed by atoms with van der Waals surface area (Å²) in [7, 11) is 0. The van der Waals surface area contributed by atoms with Crippen LogP contribution in [0.15, 0.2) is 46.0 Å². The van der Waals surface area contributed by atoms with Crippen LogP contribution in [0, 0.1) is 0 Å². The summed E-state index contributed by atoms with van der Waals surface area (Å²) >= 11 is 0. The quantitative estimate of drug-likeness (QED) is 0.452. The van der Waals surface area contributed by atoms with E-state index in [2.05, 4.69) is 9.97 Å². The summed E-state index contributed by atoms with van der Waals surface area (Å²) in [4.78, 5) is 32.1. The van der Waals surface area contributed by atoms with E-state index in [1.165, 1.54) is 0 Å². The lowest BCUT2D eigenvalue weighted by atomic mass is 10.1. The number of hydrogen-bond donors (Lipinski definition) is 2. The fourth-order valence-corrected chi connectivity index (χ4v) is 3.26. The number of aromatic nitrogens is 2. The number of pyridine rings is 2. The number of aromatic amines is 2. The van der Waals surface area contributed by atoms with Crippen LogP contribution in [0.5, 0.6) is 0 Å². The Morgan fingerprint density at radius 3 is 1.86 bits per heavy atom. The molecule has 0 aliphatic rings. The highest BCUT2D eigenvalue weighted by Gasteiger charge is 2.09. The highest BCUT2D eigenvalue weighted by atomic mass is 16.1. The zero-order valence-corrected chi connectivity index (χ0v) is 17.4. The minimum absolute atomic E-state index is 0.0322. The zero-order valence-electron chi connectivity index (χ0n) is 17.4. The van der Waals surface area contributed by atoms with E-state index >= 15 is 0 Å². The summed E-state index contributed by atoms with van der Waals surface area (Å²) < 4.78 is 0. The standard InChI is InChI=1S/C20H16N2O2.2C2H6/c1-3-11-15(4-2)21-17-10-14-18(9-13(17)19(11)23)22-16-8-6-5-7-12(16)20(14)24;2*1-2/h3-10,21H,1-2H3,(H,22,24);2*1-2H3/b11-3+,15-4+;;. The molecule has 4 aromatic rings. The number of para-hydroxylation sites is 1. The van der Waals surface area contributed by atoms with Crippen molar-refractivity contribution in [1.29, 1.82) is 0 Å². The van der Waals surface area contributed by atoms with Crippen LogP contribution in [-0.4, -0.2) is 9.97 Å². The lowest BCUT2D eigenvalue weighted by Gasteiger charge is -2.05. The number of benzene rings is 2. The molecule has 4 nitrogen and oxygen atoms in total. The van der Waals surface area contributed by atoms with E-state index in [1.807, 2.05) is 65.8 Å². The van der Waals surface area contributed by atoms with Crippen LogP contribution < -0.4 is 21.4 Å². The van der Waals surface area contributed by atoms with Crippen molar-refractivity contribution < 1.29 is 0 Å². The van der Waals surface area contributed by atoms with E-state index in [9.17, 15) is 9.59 Å². The van der Waals surface area contributed by atoms with Gasteiger partial charge in [0.2, 0.25) is 0 Å². The average Bonchev–Trinajstić information content (AvgIpc) is 2.76. The highest BCUT2D eigenvalue weighted by molar-refractivity contribution is 5.99. The third-order valence-corrected chi connectivity index (χ3v) is 4.47. The molecule has 0 unspecified atom stereocenters. The fourth-order valence-electron chi connectivity index (χ4n) is 3.26. The molecule has 0 spiro atoms. The van der Waals surface area contributed by atoms with Gasteiger partial charge in [-0.15, -0.1) is 0 Å². The Hall–Kier alpha value is -3.14. The average molecular weight is 377 g/mol. The van der Waals surface area contributed by atoms with Crippen molar-refractivity contribution in [3.8, 4) is 0 Å². The maximum Gasteiger partial charge on any atom is 0.197 e. The first-order chi connectivity index (χ1) is 13.6. The van der Waals surface area contributed by atoms with Crippen molar-refractivity contribution in [2.75, 3.05) is 0 Å². The topological polar surface area (TPSA) is 65.7 Å². The summed E-state index contributed by atoms with van der Waals surface area (Å²) in [6.45, 7) is 11.7. The second kappa shape index (κ2) is 9.18. The summed E-state index contributed by atoms with van der Waals surface area (Å²) in [6.07, 6.45) is 3.67. The Morgan fingerprint density at radius 1 is 0.679 bits per heavy atom. The Balaban J connectivity index is 0.000000660. The van der Waals surface area contributed by atoms with Crippen molar-refractivity contribution in [3.05, 3.63) is 67.4 Å². The van der Waals surface area contributed by atoms with Gasteiger partial charge in [-0.25, -0.2) is 0 Å². The number of hydrogen-bond acceptors (Lipinski definition) is 2.